The van der Waals surface area contributed by atoms with Crippen molar-refractivity contribution in [2.75, 3.05) is 11.4 Å². The maximum absolute atomic E-state index is 12.0. The smallest absolute Gasteiger partial charge is 0.227 e. The van der Waals surface area contributed by atoms with Gasteiger partial charge in [-0.15, -0.1) is 0 Å². The average molecular weight is 274 g/mol. The number of nitrogens with zero attached hydrogens (tertiary/aromatic N) is 1. The first-order valence-electron chi connectivity index (χ1n) is 6.97. The number of aryl methyl sites for hydroxylation is 1. The molecule has 1 aromatic carbocycles. The Balaban J connectivity index is 1.90. The average Bonchev–Trinajstić information content (AvgIpc) is 2.81. The summed E-state index contributed by atoms with van der Waals surface area (Å²) in [5, 5.41) is 10.1. The number of rotatable bonds is 2. The molecule has 0 saturated carbocycles. The number of anilines is 1. The maximum atomic E-state index is 12.0. The molecule has 20 heavy (non-hydrogen) atoms. The van der Waals surface area contributed by atoms with Gasteiger partial charge in [0.2, 0.25) is 11.8 Å². The predicted molar refractivity (Wildman–Crippen MR) is 74.0 cm³/mol. The lowest BCUT2D eigenvalue weighted by atomic mass is 9.89. The Kier molecular flexibility index (Phi) is 3.22. The van der Waals surface area contributed by atoms with Crippen LogP contribution in [0, 0.1) is 5.92 Å². The van der Waals surface area contributed by atoms with Crippen LogP contribution < -0.4 is 10.6 Å². The summed E-state index contributed by atoms with van der Waals surface area (Å²) < 4.78 is 0. The molecule has 1 aliphatic carbocycles. The molecule has 2 atom stereocenters. The quantitative estimate of drug-likeness (QED) is 0.840. The highest BCUT2D eigenvalue weighted by molar-refractivity contribution is 6.00. The van der Waals surface area contributed by atoms with E-state index in [-0.39, 0.29) is 12.3 Å². The summed E-state index contributed by atoms with van der Waals surface area (Å²) in [6.07, 6.45) is 2.43. The van der Waals surface area contributed by atoms with E-state index in [2.05, 4.69) is 0 Å². The zero-order valence-electron chi connectivity index (χ0n) is 11.2. The molecule has 1 saturated heterocycles. The molecule has 2 aliphatic rings. The number of nitrogens with two attached hydrogens (primary N) is 1. The van der Waals surface area contributed by atoms with E-state index in [1.807, 2.05) is 18.2 Å². The van der Waals surface area contributed by atoms with Crippen LogP contribution in [0.3, 0.4) is 0 Å². The number of fused-ring (bicyclic) bond motifs is 1. The number of hydrogen-bond donors (Lipinski definition) is 2. The van der Waals surface area contributed by atoms with E-state index in [1.165, 1.54) is 0 Å². The zero-order chi connectivity index (χ0) is 14.3. The van der Waals surface area contributed by atoms with E-state index >= 15 is 0 Å². The van der Waals surface area contributed by atoms with Gasteiger partial charge in [-0.3, -0.25) is 9.59 Å². The lowest BCUT2D eigenvalue weighted by molar-refractivity contribution is -0.123. The molecule has 1 heterocycles. The molecule has 0 spiro atoms. The molecule has 5 heteroatoms. The first-order valence-corrected chi connectivity index (χ1v) is 6.97. The summed E-state index contributed by atoms with van der Waals surface area (Å²) in [7, 11) is 0. The summed E-state index contributed by atoms with van der Waals surface area (Å²) in [4.78, 5) is 24.8. The molecule has 0 bridgehead atoms. The van der Waals surface area contributed by atoms with Crippen molar-refractivity contribution in [3.63, 3.8) is 0 Å². The lowest BCUT2D eigenvalue weighted by Gasteiger charge is -2.24. The highest BCUT2D eigenvalue weighted by atomic mass is 16.3. The second kappa shape index (κ2) is 4.90. The van der Waals surface area contributed by atoms with Crippen LogP contribution in [-0.4, -0.2) is 23.5 Å². The second-order valence-corrected chi connectivity index (χ2v) is 5.60. The Morgan fingerprint density at radius 3 is 2.90 bits per heavy atom. The molecule has 3 N–H and O–H groups in total. The number of carbonyl (C=O) groups is 2. The topological polar surface area (TPSA) is 83.6 Å². The molecule has 1 fully saturated rings. The van der Waals surface area contributed by atoms with E-state index in [1.54, 1.807) is 4.90 Å². The minimum Gasteiger partial charge on any atom is -0.388 e. The zero-order valence-corrected chi connectivity index (χ0v) is 11.2. The van der Waals surface area contributed by atoms with Gasteiger partial charge in [-0.1, -0.05) is 6.07 Å². The fourth-order valence-electron chi connectivity index (χ4n) is 3.08. The number of carbonyl (C=O) groups excluding carboxylic acids is 2. The number of aliphatic hydroxyl groups is 1. The SMILES string of the molecule is NC(=O)C1CC(=O)N(c2ccc3c(c2)C(O)CCC3)C1. The Hall–Kier alpha value is -1.88. The minimum atomic E-state index is -0.455. The van der Waals surface area contributed by atoms with Crippen LogP contribution in [-0.2, 0) is 16.0 Å². The number of aliphatic hydroxyl groups excluding tert-OH is 1. The monoisotopic (exact) mass is 274 g/mol. The molecular formula is C15H18N2O3. The van der Waals surface area contributed by atoms with Gasteiger partial charge in [0.1, 0.15) is 0 Å². The number of amides is 2. The largest absolute Gasteiger partial charge is 0.388 e. The molecule has 0 radical (unpaired) electrons. The maximum Gasteiger partial charge on any atom is 0.227 e. The van der Waals surface area contributed by atoms with E-state index in [0.29, 0.717) is 6.54 Å². The van der Waals surface area contributed by atoms with E-state index < -0.39 is 17.9 Å². The highest BCUT2D eigenvalue weighted by Crippen LogP contribution is 2.34. The van der Waals surface area contributed by atoms with Crippen molar-refractivity contribution in [2.24, 2.45) is 11.7 Å². The van der Waals surface area contributed by atoms with Gasteiger partial charge in [-0.25, -0.2) is 0 Å². The number of hydrogen-bond acceptors (Lipinski definition) is 3. The van der Waals surface area contributed by atoms with Gasteiger partial charge >= 0.3 is 0 Å². The Bertz CT molecular complexity index is 570. The fourth-order valence-corrected chi connectivity index (χ4v) is 3.08. The van der Waals surface area contributed by atoms with Gasteiger partial charge in [0, 0.05) is 18.7 Å². The molecule has 3 rings (SSSR count). The Morgan fingerprint density at radius 2 is 2.20 bits per heavy atom. The summed E-state index contributed by atoms with van der Waals surface area (Å²) in [6.45, 7) is 0.336. The van der Waals surface area contributed by atoms with Crippen LogP contribution in [0.5, 0.6) is 0 Å². The van der Waals surface area contributed by atoms with Gasteiger partial charge in [-0.05, 0) is 42.5 Å². The van der Waals surface area contributed by atoms with Crippen molar-refractivity contribution in [1.29, 1.82) is 0 Å². The second-order valence-electron chi connectivity index (χ2n) is 5.60. The van der Waals surface area contributed by atoms with Gasteiger partial charge in [0.15, 0.2) is 0 Å². The normalized spacial score (nSPS) is 25.6. The minimum absolute atomic E-state index is 0.0842. The predicted octanol–water partition coefficient (Wildman–Crippen LogP) is 0.894. The number of benzene rings is 1. The first-order chi connectivity index (χ1) is 9.56. The molecule has 2 amide bonds. The van der Waals surface area contributed by atoms with Gasteiger partial charge in [0.25, 0.3) is 0 Å². The van der Waals surface area contributed by atoms with Crippen molar-refractivity contribution in [2.45, 2.75) is 31.8 Å². The Labute approximate surface area is 117 Å². The van der Waals surface area contributed by atoms with Crippen LogP contribution in [0.15, 0.2) is 18.2 Å². The fraction of sp³-hybridized carbons (Fsp3) is 0.467. The summed E-state index contributed by atoms with van der Waals surface area (Å²) in [6, 6.07) is 5.73. The van der Waals surface area contributed by atoms with Crippen LogP contribution >= 0.6 is 0 Å². The van der Waals surface area contributed by atoms with Crippen molar-refractivity contribution in [1.82, 2.24) is 0 Å². The third-order valence-electron chi connectivity index (χ3n) is 4.25. The number of primary amides is 1. The van der Waals surface area contributed by atoms with Crippen LogP contribution in [0.4, 0.5) is 5.69 Å². The van der Waals surface area contributed by atoms with E-state index in [4.69, 9.17) is 5.73 Å². The van der Waals surface area contributed by atoms with E-state index in [0.717, 1.165) is 36.1 Å². The summed E-state index contributed by atoms with van der Waals surface area (Å²) >= 11 is 0. The van der Waals surface area contributed by atoms with Gasteiger partial charge < -0.3 is 15.7 Å². The third kappa shape index (κ3) is 2.18. The first kappa shape index (κ1) is 13.1. The molecule has 1 aliphatic heterocycles. The van der Waals surface area contributed by atoms with Gasteiger partial charge in [0.05, 0.1) is 12.0 Å². The lowest BCUT2D eigenvalue weighted by Crippen LogP contribution is -2.28. The van der Waals surface area contributed by atoms with Crippen molar-refractivity contribution in [3.8, 4) is 0 Å². The standard InChI is InChI=1S/C15H18N2O3/c16-15(20)10-6-14(19)17(8-10)11-5-4-9-2-1-3-13(18)12(9)7-11/h4-5,7,10,13,18H,1-3,6,8H2,(H2,16,20). The van der Waals surface area contributed by atoms with Crippen LogP contribution in [0.25, 0.3) is 0 Å². The molecule has 1 aromatic rings. The van der Waals surface area contributed by atoms with E-state index in [9.17, 15) is 14.7 Å². The molecule has 2 unspecified atom stereocenters. The van der Waals surface area contributed by atoms with Crippen LogP contribution in [0.1, 0.15) is 36.5 Å². The van der Waals surface area contributed by atoms with Gasteiger partial charge in [-0.2, -0.15) is 0 Å². The summed E-state index contributed by atoms with van der Waals surface area (Å²) in [5.74, 6) is -0.929. The third-order valence-corrected chi connectivity index (χ3v) is 4.25. The van der Waals surface area contributed by atoms with Crippen molar-refractivity contribution >= 4 is 17.5 Å². The Morgan fingerprint density at radius 1 is 1.40 bits per heavy atom. The molecule has 0 aromatic heterocycles. The molecule has 106 valence electrons. The highest BCUT2D eigenvalue weighted by Gasteiger charge is 2.34. The van der Waals surface area contributed by atoms with Crippen molar-refractivity contribution in [3.05, 3.63) is 29.3 Å². The van der Waals surface area contributed by atoms with Crippen molar-refractivity contribution < 1.29 is 14.7 Å². The summed E-state index contributed by atoms with van der Waals surface area (Å²) in [5.41, 5.74) is 8.07. The molecule has 5 nitrogen and oxygen atoms in total. The van der Waals surface area contributed by atoms with Crippen LogP contribution in [0.2, 0.25) is 0 Å². The molecular weight excluding hydrogens is 256 g/mol.